The molecular formula is C32H41N3O4S. The minimum atomic E-state index is -4.10. The normalized spacial score (nSPS) is 12.5. The van der Waals surface area contributed by atoms with E-state index in [1.54, 1.807) is 43.3 Å². The van der Waals surface area contributed by atoms with Crippen LogP contribution >= 0.6 is 0 Å². The maximum Gasteiger partial charge on any atom is 0.264 e. The molecule has 1 atom stereocenters. The Morgan fingerprint density at radius 1 is 0.875 bits per heavy atom. The minimum absolute atomic E-state index is 0.0979. The van der Waals surface area contributed by atoms with E-state index >= 15 is 0 Å². The molecule has 1 unspecified atom stereocenters. The van der Waals surface area contributed by atoms with Crippen molar-refractivity contribution in [1.82, 2.24) is 10.2 Å². The van der Waals surface area contributed by atoms with E-state index in [4.69, 9.17) is 0 Å². The van der Waals surface area contributed by atoms with Gasteiger partial charge in [-0.2, -0.15) is 0 Å². The Labute approximate surface area is 239 Å². The Balaban J connectivity index is 2.09. The summed E-state index contributed by atoms with van der Waals surface area (Å²) in [5.74, 6) is -0.780. The number of rotatable bonds is 10. The summed E-state index contributed by atoms with van der Waals surface area (Å²) >= 11 is 0. The summed E-state index contributed by atoms with van der Waals surface area (Å²) < 4.78 is 29.3. The second-order valence-electron chi connectivity index (χ2n) is 11.2. The fourth-order valence-electron chi connectivity index (χ4n) is 4.43. The van der Waals surface area contributed by atoms with E-state index < -0.39 is 34.1 Å². The Kier molecular flexibility index (Phi) is 9.79. The molecule has 8 heteroatoms. The summed E-state index contributed by atoms with van der Waals surface area (Å²) in [4.78, 5) is 28.9. The highest BCUT2D eigenvalue weighted by molar-refractivity contribution is 7.92. The summed E-state index contributed by atoms with van der Waals surface area (Å²) in [6, 6.07) is 20.6. The fourth-order valence-corrected chi connectivity index (χ4v) is 5.88. The van der Waals surface area contributed by atoms with Crippen molar-refractivity contribution in [2.45, 2.75) is 77.9 Å². The van der Waals surface area contributed by atoms with E-state index in [0.717, 1.165) is 22.3 Å². The van der Waals surface area contributed by atoms with Gasteiger partial charge < -0.3 is 10.2 Å². The molecule has 0 spiro atoms. The van der Waals surface area contributed by atoms with Crippen LogP contribution in [0.15, 0.2) is 77.7 Å². The number of benzene rings is 3. The SMILES string of the molecule is CCc1ccccc1N(CC(=O)N(Cc1ccccc1C)C(C)C(=O)NC(C)(C)C)S(=O)(=O)c1ccc(C)cc1. The van der Waals surface area contributed by atoms with E-state index in [1.165, 1.54) is 9.21 Å². The molecule has 0 heterocycles. The molecule has 3 aromatic rings. The van der Waals surface area contributed by atoms with Crippen molar-refractivity contribution in [3.63, 3.8) is 0 Å². The van der Waals surface area contributed by atoms with Crippen molar-refractivity contribution in [2.24, 2.45) is 0 Å². The molecule has 0 aliphatic carbocycles. The first-order valence-electron chi connectivity index (χ1n) is 13.6. The zero-order chi connectivity index (χ0) is 29.7. The quantitative estimate of drug-likeness (QED) is 0.358. The van der Waals surface area contributed by atoms with Gasteiger partial charge in [-0.1, -0.05) is 67.1 Å². The standard InChI is InChI=1S/C32H41N3O4S/c1-8-26-14-11-12-16-29(26)35(40(38,39)28-19-17-23(2)18-20-28)22-30(36)34(21-27-15-10-9-13-24(27)3)25(4)31(37)33-32(5,6)7/h9-20,25H,8,21-22H2,1-7H3,(H,33,37). The lowest BCUT2D eigenvalue weighted by Gasteiger charge is -2.34. The zero-order valence-corrected chi connectivity index (χ0v) is 25.4. The molecule has 3 rings (SSSR count). The Bertz CT molecular complexity index is 1440. The Morgan fingerprint density at radius 3 is 2.02 bits per heavy atom. The van der Waals surface area contributed by atoms with Gasteiger partial charge in [0, 0.05) is 12.1 Å². The number of nitrogens with one attached hydrogen (secondary N) is 1. The van der Waals surface area contributed by atoms with E-state index in [0.29, 0.717) is 12.1 Å². The number of hydrogen-bond donors (Lipinski definition) is 1. The van der Waals surface area contributed by atoms with Gasteiger partial charge in [-0.25, -0.2) is 8.42 Å². The predicted molar refractivity (Wildman–Crippen MR) is 161 cm³/mol. The number of para-hydroxylation sites is 1. The van der Waals surface area contributed by atoms with Gasteiger partial charge in [0.2, 0.25) is 11.8 Å². The van der Waals surface area contributed by atoms with Crippen LogP contribution in [0.25, 0.3) is 0 Å². The predicted octanol–water partition coefficient (Wildman–Crippen LogP) is 5.39. The lowest BCUT2D eigenvalue weighted by atomic mass is 10.1. The van der Waals surface area contributed by atoms with Gasteiger partial charge in [0.25, 0.3) is 10.0 Å². The van der Waals surface area contributed by atoms with Gasteiger partial charge in [-0.15, -0.1) is 0 Å². The molecule has 0 fully saturated rings. The number of anilines is 1. The lowest BCUT2D eigenvalue weighted by Crippen LogP contribution is -2.54. The topological polar surface area (TPSA) is 86.8 Å². The van der Waals surface area contributed by atoms with E-state index in [9.17, 15) is 18.0 Å². The summed E-state index contributed by atoms with van der Waals surface area (Å²) in [7, 11) is -4.10. The second-order valence-corrected chi connectivity index (χ2v) is 13.0. The molecule has 2 amide bonds. The van der Waals surface area contributed by atoms with Crippen LogP contribution in [-0.4, -0.2) is 43.3 Å². The average molecular weight is 564 g/mol. The number of aryl methyl sites for hydroxylation is 3. The Hall–Kier alpha value is -3.65. The number of nitrogens with zero attached hydrogens (tertiary/aromatic N) is 2. The van der Waals surface area contributed by atoms with Crippen LogP contribution in [0.4, 0.5) is 5.69 Å². The Morgan fingerprint density at radius 2 is 1.45 bits per heavy atom. The smallest absolute Gasteiger partial charge is 0.264 e. The van der Waals surface area contributed by atoms with Crippen LogP contribution in [0.5, 0.6) is 0 Å². The van der Waals surface area contributed by atoms with Crippen molar-refractivity contribution in [2.75, 3.05) is 10.8 Å². The molecule has 3 aromatic carbocycles. The van der Waals surface area contributed by atoms with Crippen molar-refractivity contribution in [1.29, 1.82) is 0 Å². The molecule has 1 N–H and O–H groups in total. The summed E-state index contributed by atoms with van der Waals surface area (Å²) in [6.07, 6.45) is 0.585. The molecule has 214 valence electrons. The summed E-state index contributed by atoms with van der Waals surface area (Å²) in [5.41, 5.74) is 3.54. The van der Waals surface area contributed by atoms with Crippen molar-refractivity contribution < 1.29 is 18.0 Å². The minimum Gasteiger partial charge on any atom is -0.350 e. The molecular weight excluding hydrogens is 522 g/mol. The van der Waals surface area contributed by atoms with Crippen molar-refractivity contribution in [3.8, 4) is 0 Å². The molecule has 0 aliphatic heterocycles. The monoisotopic (exact) mass is 563 g/mol. The fraction of sp³-hybridized carbons (Fsp3) is 0.375. The average Bonchev–Trinajstić information content (AvgIpc) is 2.90. The first-order chi connectivity index (χ1) is 18.7. The third kappa shape index (κ3) is 7.50. The van der Waals surface area contributed by atoms with Gasteiger partial charge >= 0.3 is 0 Å². The van der Waals surface area contributed by atoms with Gasteiger partial charge in [-0.3, -0.25) is 13.9 Å². The molecule has 40 heavy (non-hydrogen) atoms. The van der Waals surface area contributed by atoms with Crippen molar-refractivity contribution in [3.05, 3.63) is 95.1 Å². The molecule has 7 nitrogen and oxygen atoms in total. The second kappa shape index (κ2) is 12.7. The third-order valence-corrected chi connectivity index (χ3v) is 8.57. The lowest BCUT2D eigenvalue weighted by molar-refractivity contribution is -0.140. The number of carbonyl (C=O) groups is 2. The van der Waals surface area contributed by atoms with Crippen LogP contribution in [0.3, 0.4) is 0 Å². The number of hydrogen-bond acceptors (Lipinski definition) is 4. The van der Waals surface area contributed by atoms with E-state index in [2.05, 4.69) is 5.32 Å². The first kappa shape index (κ1) is 30.9. The molecule has 0 saturated heterocycles. The maximum atomic E-state index is 14.1. The van der Waals surface area contributed by atoms with Crippen LogP contribution in [-0.2, 0) is 32.6 Å². The zero-order valence-electron chi connectivity index (χ0n) is 24.6. The number of sulfonamides is 1. The van der Waals surface area contributed by atoms with Crippen molar-refractivity contribution >= 4 is 27.5 Å². The maximum absolute atomic E-state index is 14.1. The van der Waals surface area contributed by atoms with Crippen LogP contribution in [0.1, 0.15) is 56.9 Å². The van der Waals surface area contributed by atoms with Gasteiger partial charge in [0.05, 0.1) is 10.6 Å². The van der Waals surface area contributed by atoms with E-state index in [-0.39, 0.29) is 17.3 Å². The molecule has 0 aromatic heterocycles. The van der Waals surface area contributed by atoms with Crippen LogP contribution in [0.2, 0.25) is 0 Å². The molecule has 0 saturated carbocycles. The first-order valence-corrected chi connectivity index (χ1v) is 15.0. The largest absolute Gasteiger partial charge is 0.350 e. The third-order valence-electron chi connectivity index (χ3n) is 6.80. The van der Waals surface area contributed by atoms with E-state index in [1.807, 2.05) is 77.9 Å². The van der Waals surface area contributed by atoms with Crippen LogP contribution in [0, 0.1) is 13.8 Å². The molecule has 0 radical (unpaired) electrons. The number of amides is 2. The van der Waals surface area contributed by atoms with Crippen LogP contribution < -0.4 is 9.62 Å². The summed E-state index contributed by atoms with van der Waals surface area (Å²) in [6.45, 7) is 12.8. The van der Waals surface area contributed by atoms with Gasteiger partial charge in [0.15, 0.2) is 0 Å². The number of carbonyl (C=O) groups excluding carboxylic acids is 2. The molecule has 0 aliphatic rings. The van der Waals surface area contributed by atoms with Gasteiger partial charge in [0.1, 0.15) is 12.6 Å². The highest BCUT2D eigenvalue weighted by atomic mass is 32.2. The molecule has 0 bridgehead atoms. The summed E-state index contributed by atoms with van der Waals surface area (Å²) in [5, 5.41) is 2.95. The van der Waals surface area contributed by atoms with Gasteiger partial charge in [-0.05, 0) is 82.9 Å². The highest BCUT2D eigenvalue weighted by Gasteiger charge is 2.34. The highest BCUT2D eigenvalue weighted by Crippen LogP contribution is 2.28.